The van der Waals surface area contributed by atoms with Crippen LogP contribution < -0.4 is 11.1 Å². The summed E-state index contributed by atoms with van der Waals surface area (Å²) in [6.45, 7) is 4.01. The second-order valence-electron chi connectivity index (χ2n) is 4.06. The number of carbonyl (C=O) groups is 1. The lowest BCUT2D eigenvalue weighted by Crippen LogP contribution is -2.11. The summed E-state index contributed by atoms with van der Waals surface area (Å²) >= 11 is 0. The summed E-state index contributed by atoms with van der Waals surface area (Å²) < 4.78 is 0. The number of anilines is 1. The Balaban J connectivity index is 2.51. The highest BCUT2D eigenvalue weighted by Gasteiger charge is 2.02. The van der Waals surface area contributed by atoms with Crippen molar-refractivity contribution in [2.45, 2.75) is 39.2 Å². The van der Waals surface area contributed by atoms with Gasteiger partial charge in [0, 0.05) is 18.2 Å². The molecule has 0 unspecified atom stereocenters. The van der Waals surface area contributed by atoms with Gasteiger partial charge in [0.15, 0.2) is 0 Å². The van der Waals surface area contributed by atoms with Gasteiger partial charge < -0.3 is 11.1 Å². The van der Waals surface area contributed by atoms with Crippen LogP contribution in [0.3, 0.4) is 0 Å². The molecule has 0 aliphatic rings. The molecule has 0 aromatic heterocycles. The van der Waals surface area contributed by atoms with E-state index < -0.39 is 0 Å². The normalized spacial score (nSPS) is 12.2. The third-order valence-corrected chi connectivity index (χ3v) is 2.48. The highest BCUT2D eigenvalue weighted by Crippen LogP contribution is 2.14. The molecule has 0 bridgehead atoms. The van der Waals surface area contributed by atoms with Gasteiger partial charge >= 0.3 is 0 Å². The first-order chi connectivity index (χ1) is 7.63. The summed E-state index contributed by atoms with van der Waals surface area (Å²) in [4.78, 5) is 11.5. The van der Waals surface area contributed by atoms with Crippen LogP contribution in [0.1, 0.15) is 44.7 Å². The maximum atomic E-state index is 11.5. The van der Waals surface area contributed by atoms with Gasteiger partial charge in [-0.15, -0.1) is 0 Å². The van der Waals surface area contributed by atoms with E-state index in [0.29, 0.717) is 6.42 Å². The molecule has 88 valence electrons. The van der Waals surface area contributed by atoms with Crippen molar-refractivity contribution in [1.82, 2.24) is 0 Å². The number of benzene rings is 1. The maximum Gasteiger partial charge on any atom is 0.224 e. The zero-order valence-corrected chi connectivity index (χ0v) is 9.99. The second-order valence-corrected chi connectivity index (χ2v) is 4.06. The molecule has 3 nitrogen and oxygen atoms in total. The van der Waals surface area contributed by atoms with Crippen LogP contribution in [-0.4, -0.2) is 5.91 Å². The number of hydrogen-bond acceptors (Lipinski definition) is 2. The van der Waals surface area contributed by atoms with Gasteiger partial charge in [-0.25, -0.2) is 0 Å². The number of nitrogens with one attached hydrogen (secondary N) is 1. The number of rotatable bonds is 5. The van der Waals surface area contributed by atoms with E-state index in [1.807, 2.05) is 31.2 Å². The monoisotopic (exact) mass is 220 g/mol. The van der Waals surface area contributed by atoms with E-state index in [-0.39, 0.29) is 11.9 Å². The lowest BCUT2D eigenvalue weighted by atomic mass is 10.1. The standard InChI is InChI=1S/C13H20N2O/c1-3-4-5-13(16)15-12-8-6-11(7-9-12)10(2)14/h6-10H,3-5,14H2,1-2H3,(H,15,16)/t10-/m0/s1. The maximum absolute atomic E-state index is 11.5. The van der Waals surface area contributed by atoms with Crippen LogP contribution in [0.5, 0.6) is 0 Å². The molecule has 1 aromatic carbocycles. The van der Waals surface area contributed by atoms with E-state index in [1.165, 1.54) is 0 Å². The van der Waals surface area contributed by atoms with Crippen molar-refractivity contribution in [3.05, 3.63) is 29.8 Å². The smallest absolute Gasteiger partial charge is 0.224 e. The fraction of sp³-hybridized carbons (Fsp3) is 0.462. The molecule has 1 amide bonds. The summed E-state index contributed by atoms with van der Waals surface area (Å²) in [5, 5.41) is 2.86. The molecule has 3 heteroatoms. The predicted octanol–water partition coefficient (Wildman–Crippen LogP) is 2.83. The Labute approximate surface area is 97.0 Å². The summed E-state index contributed by atoms with van der Waals surface area (Å²) in [6.07, 6.45) is 2.56. The van der Waals surface area contributed by atoms with Crippen molar-refractivity contribution in [2.75, 3.05) is 5.32 Å². The highest BCUT2D eigenvalue weighted by atomic mass is 16.1. The number of carbonyl (C=O) groups excluding carboxylic acids is 1. The number of unbranched alkanes of at least 4 members (excludes halogenated alkanes) is 1. The second kappa shape index (κ2) is 6.28. The van der Waals surface area contributed by atoms with Gasteiger partial charge in [-0.05, 0) is 31.0 Å². The fourth-order valence-corrected chi connectivity index (χ4v) is 1.43. The van der Waals surface area contributed by atoms with Gasteiger partial charge in [0.05, 0.1) is 0 Å². The van der Waals surface area contributed by atoms with E-state index in [0.717, 1.165) is 24.1 Å². The molecule has 1 atom stereocenters. The molecular weight excluding hydrogens is 200 g/mol. The van der Waals surface area contributed by atoms with Crippen LogP contribution in [0.4, 0.5) is 5.69 Å². The van der Waals surface area contributed by atoms with Crippen LogP contribution in [0.25, 0.3) is 0 Å². The highest BCUT2D eigenvalue weighted by molar-refractivity contribution is 5.90. The van der Waals surface area contributed by atoms with Gasteiger partial charge in [0.2, 0.25) is 5.91 Å². The average Bonchev–Trinajstić information content (AvgIpc) is 2.27. The van der Waals surface area contributed by atoms with Gasteiger partial charge in [-0.2, -0.15) is 0 Å². The zero-order valence-electron chi connectivity index (χ0n) is 9.99. The molecule has 0 heterocycles. The molecule has 0 radical (unpaired) electrons. The van der Waals surface area contributed by atoms with Gasteiger partial charge in [0.25, 0.3) is 0 Å². The van der Waals surface area contributed by atoms with Crippen LogP contribution >= 0.6 is 0 Å². The molecule has 0 spiro atoms. The molecule has 1 aromatic rings. The van der Waals surface area contributed by atoms with Crippen molar-refractivity contribution < 1.29 is 4.79 Å². The minimum Gasteiger partial charge on any atom is -0.326 e. The van der Waals surface area contributed by atoms with E-state index in [4.69, 9.17) is 5.73 Å². The van der Waals surface area contributed by atoms with Crippen LogP contribution in [0.15, 0.2) is 24.3 Å². The van der Waals surface area contributed by atoms with Crippen LogP contribution in [0.2, 0.25) is 0 Å². The first-order valence-electron chi connectivity index (χ1n) is 5.79. The molecule has 0 saturated carbocycles. The Kier molecular flexibility index (Phi) is 4.99. The molecule has 0 fully saturated rings. The lowest BCUT2D eigenvalue weighted by Gasteiger charge is -2.08. The summed E-state index contributed by atoms with van der Waals surface area (Å²) in [7, 11) is 0. The molecule has 0 saturated heterocycles. The van der Waals surface area contributed by atoms with Crippen molar-refractivity contribution in [3.63, 3.8) is 0 Å². The van der Waals surface area contributed by atoms with Crippen molar-refractivity contribution in [1.29, 1.82) is 0 Å². The largest absolute Gasteiger partial charge is 0.326 e. The van der Waals surface area contributed by atoms with Crippen molar-refractivity contribution in [2.24, 2.45) is 5.73 Å². The molecule has 0 aliphatic carbocycles. The summed E-state index contributed by atoms with van der Waals surface area (Å²) in [5.74, 6) is 0.0791. The van der Waals surface area contributed by atoms with Gasteiger partial charge in [-0.1, -0.05) is 25.5 Å². The molecular formula is C13H20N2O. The Hall–Kier alpha value is -1.35. The van der Waals surface area contributed by atoms with Crippen molar-refractivity contribution in [3.8, 4) is 0 Å². The molecule has 1 rings (SSSR count). The van der Waals surface area contributed by atoms with E-state index in [1.54, 1.807) is 0 Å². The molecule has 0 aliphatic heterocycles. The Morgan fingerprint density at radius 3 is 2.50 bits per heavy atom. The lowest BCUT2D eigenvalue weighted by molar-refractivity contribution is -0.116. The van der Waals surface area contributed by atoms with E-state index in [2.05, 4.69) is 12.2 Å². The Morgan fingerprint density at radius 1 is 1.38 bits per heavy atom. The van der Waals surface area contributed by atoms with Crippen LogP contribution in [0, 0.1) is 0 Å². The minimum absolute atomic E-state index is 0.0323. The quantitative estimate of drug-likeness (QED) is 0.801. The Morgan fingerprint density at radius 2 is 2.00 bits per heavy atom. The van der Waals surface area contributed by atoms with Crippen molar-refractivity contribution >= 4 is 11.6 Å². The van der Waals surface area contributed by atoms with Gasteiger partial charge in [-0.3, -0.25) is 4.79 Å². The van der Waals surface area contributed by atoms with Gasteiger partial charge in [0.1, 0.15) is 0 Å². The summed E-state index contributed by atoms with van der Waals surface area (Å²) in [6, 6.07) is 7.70. The third kappa shape index (κ3) is 4.03. The number of nitrogens with two attached hydrogens (primary N) is 1. The fourth-order valence-electron chi connectivity index (χ4n) is 1.43. The topological polar surface area (TPSA) is 55.1 Å². The minimum atomic E-state index is 0.0323. The van der Waals surface area contributed by atoms with E-state index >= 15 is 0 Å². The molecule has 16 heavy (non-hydrogen) atoms. The zero-order chi connectivity index (χ0) is 12.0. The average molecular weight is 220 g/mol. The first kappa shape index (κ1) is 12.7. The SMILES string of the molecule is CCCCC(=O)Nc1ccc([C@H](C)N)cc1. The third-order valence-electron chi connectivity index (χ3n) is 2.48. The van der Waals surface area contributed by atoms with Crippen LogP contribution in [-0.2, 0) is 4.79 Å². The predicted molar refractivity (Wildman–Crippen MR) is 67.2 cm³/mol. The first-order valence-corrected chi connectivity index (χ1v) is 5.79. The number of hydrogen-bond donors (Lipinski definition) is 2. The Bertz CT molecular complexity index is 330. The van der Waals surface area contributed by atoms with E-state index in [9.17, 15) is 4.79 Å². The summed E-state index contributed by atoms with van der Waals surface area (Å²) in [5.41, 5.74) is 7.66. The number of amides is 1. The molecule has 3 N–H and O–H groups in total.